The number of halogens is 1. The zero-order chi connectivity index (χ0) is 17.4. The number of benzene rings is 1. The van der Waals surface area contributed by atoms with Gasteiger partial charge >= 0.3 is 0 Å². The predicted molar refractivity (Wildman–Crippen MR) is 104 cm³/mol. The fourth-order valence-corrected chi connectivity index (χ4v) is 3.16. The van der Waals surface area contributed by atoms with E-state index >= 15 is 0 Å². The van der Waals surface area contributed by atoms with Crippen molar-refractivity contribution in [2.75, 3.05) is 33.2 Å². The number of hydrogen-bond donors (Lipinski definition) is 1. The molecule has 4 rings (SSSR count). The van der Waals surface area contributed by atoms with Gasteiger partial charge in [-0.1, -0.05) is 23.8 Å². The number of aromatic nitrogens is 4. The zero-order valence-corrected chi connectivity index (χ0v) is 15.8. The Kier molecular flexibility index (Phi) is 5.41. The highest BCUT2D eigenvalue weighted by molar-refractivity contribution is 5.85. The van der Waals surface area contributed by atoms with Gasteiger partial charge in [-0.3, -0.25) is 14.8 Å². The molecule has 7 nitrogen and oxygen atoms in total. The molecule has 0 bridgehead atoms. The summed E-state index contributed by atoms with van der Waals surface area (Å²) in [5.74, 6) is 1.08. The van der Waals surface area contributed by atoms with Gasteiger partial charge in [0.2, 0.25) is 0 Å². The molecule has 1 aliphatic heterocycles. The quantitative estimate of drug-likeness (QED) is 0.753. The molecule has 2 aromatic heterocycles. The van der Waals surface area contributed by atoms with Crippen molar-refractivity contribution in [3.8, 4) is 11.4 Å². The number of aryl methyl sites for hydroxylation is 1. The summed E-state index contributed by atoms with van der Waals surface area (Å²) >= 11 is 0. The average molecular weight is 375 g/mol. The van der Waals surface area contributed by atoms with Gasteiger partial charge in [0.15, 0.2) is 5.82 Å². The van der Waals surface area contributed by atoms with Crippen LogP contribution in [-0.2, 0) is 6.54 Å². The molecule has 3 aromatic rings. The van der Waals surface area contributed by atoms with Crippen LogP contribution < -0.4 is 5.56 Å². The lowest BCUT2D eigenvalue weighted by molar-refractivity contribution is 0.147. The van der Waals surface area contributed by atoms with Crippen molar-refractivity contribution in [2.45, 2.75) is 13.5 Å². The summed E-state index contributed by atoms with van der Waals surface area (Å²) in [5.41, 5.74) is 2.75. The van der Waals surface area contributed by atoms with Crippen LogP contribution in [0, 0.1) is 6.92 Å². The van der Waals surface area contributed by atoms with Crippen LogP contribution in [0.3, 0.4) is 0 Å². The highest BCUT2D eigenvalue weighted by Crippen LogP contribution is 2.16. The van der Waals surface area contributed by atoms with Crippen molar-refractivity contribution < 1.29 is 0 Å². The van der Waals surface area contributed by atoms with E-state index < -0.39 is 0 Å². The van der Waals surface area contributed by atoms with Crippen molar-refractivity contribution in [2.24, 2.45) is 0 Å². The smallest absolute Gasteiger partial charge is 0.274 e. The topological polar surface area (TPSA) is 69.5 Å². The van der Waals surface area contributed by atoms with Gasteiger partial charge in [-0.15, -0.1) is 12.4 Å². The van der Waals surface area contributed by atoms with Gasteiger partial charge in [0.05, 0.1) is 5.69 Å². The summed E-state index contributed by atoms with van der Waals surface area (Å²) < 4.78 is 1.41. The van der Waals surface area contributed by atoms with E-state index in [0.717, 1.165) is 43.0 Å². The minimum absolute atomic E-state index is 0. The number of nitrogens with zero attached hydrogens (tertiary/aromatic N) is 5. The summed E-state index contributed by atoms with van der Waals surface area (Å²) in [4.78, 5) is 26.2. The second-order valence-electron chi connectivity index (χ2n) is 6.74. The van der Waals surface area contributed by atoms with Gasteiger partial charge in [-0.2, -0.15) is 9.50 Å². The second kappa shape index (κ2) is 7.57. The van der Waals surface area contributed by atoms with E-state index in [2.05, 4.69) is 31.9 Å². The van der Waals surface area contributed by atoms with Crippen LogP contribution in [-0.4, -0.2) is 62.6 Å². The zero-order valence-electron chi connectivity index (χ0n) is 15.0. The molecule has 1 saturated heterocycles. The third-order valence-electron chi connectivity index (χ3n) is 4.66. The number of nitrogens with one attached hydrogen (secondary N) is 1. The number of hydrogen-bond acceptors (Lipinski definition) is 5. The molecule has 0 atom stereocenters. The van der Waals surface area contributed by atoms with Crippen molar-refractivity contribution in [3.63, 3.8) is 0 Å². The third-order valence-corrected chi connectivity index (χ3v) is 4.66. The SMILES string of the molecule is Cc1cccc(-c2nc3nc(CN4CCN(C)CC4)cc(=O)n3[nH]2)c1.Cl. The van der Waals surface area contributed by atoms with Gasteiger partial charge in [0, 0.05) is 44.4 Å². The number of fused-ring (bicyclic) bond motifs is 1. The number of rotatable bonds is 3. The maximum Gasteiger partial charge on any atom is 0.274 e. The van der Waals surface area contributed by atoms with E-state index in [0.29, 0.717) is 18.1 Å². The Hall–Kier alpha value is -2.22. The number of H-pyrrole nitrogens is 1. The first-order valence-corrected chi connectivity index (χ1v) is 8.55. The minimum atomic E-state index is -0.125. The molecule has 0 amide bonds. The highest BCUT2D eigenvalue weighted by atomic mass is 35.5. The molecule has 1 N–H and O–H groups in total. The van der Waals surface area contributed by atoms with E-state index in [1.807, 2.05) is 31.2 Å². The van der Waals surface area contributed by atoms with E-state index in [-0.39, 0.29) is 18.0 Å². The lowest BCUT2D eigenvalue weighted by Crippen LogP contribution is -2.44. The van der Waals surface area contributed by atoms with Crippen molar-refractivity contribution in [1.82, 2.24) is 29.4 Å². The molecule has 0 saturated carbocycles. The molecule has 138 valence electrons. The summed E-state index contributed by atoms with van der Waals surface area (Å²) in [6.45, 7) is 6.79. The number of likely N-dealkylation sites (N-methyl/N-ethyl adjacent to an activating group) is 1. The number of piperazine rings is 1. The monoisotopic (exact) mass is 374 g/mol. The summed E-state index contributed by atoms with van der Waals surface area (Å²) in [7, 11) is 2.13. The van der Waals surface area contributed by atoms with Crippen molar-refractivity contribution in [1.29, 1.82) is 0 Å². The van der Waals surface area contributed by atoms with Crippen LogP contribution in [0.15, 0.2) is 35.1 Å². The van der Waals surface area contributed by atoms with Crippen LogP contribution in [0.2, 0.25) is 0 Å². The highest BCUT2D eigenvalue weighted by Gasteiger charge is 2.16. The molecule has 26 heavy (non-hydrogen) atoms. The first-order valence-electron chi connectivity index (χ1n) is 8.55. The van der Waals surface area contributed by atoms with E-state index in [4.69, 9.17) is 0 Å². The van der Waals surface area contributed by atoms with E-state index in [9.17, 15) is 4.79 Å². The van der Waals surface area contributed by atoms with Crippen LogP contribution >= 0.6 is 12.4 Å². The standard InChI is InChI=1S/C18H22N6O.ClH/c1-13-4-3-5-14(10-13)17-20-18-19-15(11-16(25)24(18)21-17)12-23-8-6-22(2)7-9-23;/h3-5,10-11H,6-9,12H2,1-2H3,(H,19,20,21);1H. The van der Waals surface area contributed by atoms with Gasteiger partial charge < -0.3 is 4.90 Å². The fourth-order valence-electron chi connectivity index (χ4n) is 3.16. The fraction of sp³-hybridized carbons (Fsp3) is 0.389. The molecule has 3 heterocycles. The molecule has 0 aliphatic carbocycles. The first-order chi connectivity index (χ1) is 12.1. The van der Waals surface area contributed by atoms with Gasteiger partial charge in [0.25, 0.3) is 11.3 Å². The Balaban J connectivity index is 0.00000196. The lowest BCUT2D eigenvalue weighted by Gasteiger charge is -2.31. The molecule has 1 aromatic carbocycles. The Morgan fingerprint density at radius 1 is 1.12 bits per heavy atom. The summed E-state index contributed by atoms with van der Waals surface area (Å²) in [6, 6.07) is 9.62. The summed E-state index contributed by atoms with van der Waals surface area (Å²) in [6.07, 6.45) is 0. The van der Waals surface area contributed by atoms with Crippen molar-refractivity contribution >= 4 is 18.2 Å². The predicted octanol–water partition coefficient (Wildman–Crippen LogP) is 1.56. The molecular formula is C18H23ClN6O. The van der Waals surface area contributed by atoms with Crippen LogP contribution in [0.4, 0.5) is 0 Å². The summed E-state index contributed by atoms with van der Waals surface area (Å²) in [5, 5.41) is 3.05. The van der Waals surface area contributed by atoms with Gasteiger partial charge in [-0.05, 0) is 20.0 Å². The van der Waals surface area contributed by atoms with Crippen LogP contribution in [0.25, 0.3) is 17.2 Å². The van der Waals surface area contributed by atoms with E-state index in [1.165, 1.54) is 4.52 Å². The van der Waals surface area contributed by atoms with Crippen molar-refractivity contribution in [3.05, 3.63) is 51.9 Å². The normalized spacial score (nSPS) is 15.9. The third kappa shape index (κ3) is 3.80. The number of aromatic amines is 1. The average Bonchev–Trinajstić information content (AvgIpc) is 3.02. The maximum absolute atomic E-state index is 12.4. The molecule has 8 heteroatoms. The van der Waals surface area contributed by atoms with Gasteiger partial charge in [0.1, 0.15) is 0 Å². The maximum atomic E-state index is 12.4. The Morgan fingerprint density at radius 2 is 1.88 bits per heavy atom. The molecule has 0 unspecified atom stereocenters. The van der Waals surface area contributed by atoms with Crippen LogP contribution in [0.1, 0.15) is 11.3 Å². The Morgan fingerprint density at radius 3 is 2.62 bits per heavy atom. The second-order valence-corrected chi connectivity index (χ2v) is 6.74. The van der Waals surface area contributed by atoms with Crippen LogP contribution in [0.5, 0.6) is 0 Å². The lowest BCUT2D eigenvalue weighted by atomic mass is 10.1. The van der Waals surface area contributed by atoms with E-state index in [1.54, 1.807) is 6.07 Å². The molecule has 1 fully saturated rings. The molecule has 0 spiro atoms. The first kappa shape index (κ1) is 18.6. The van der Waals surface area contributed by atoms with Gasteiger partial charge in [-0.25, -0.2) is 4.98 Å². The Labute approximate surface area is 158 Å². The largest absolute Gasteiger partial charge is 0.304 e. The molecule has 1 aliphatic rings. The molecular weight excluding hydrogens is 352 g/mol. The minimum Gasteiger partial charge on any atom is -0.304 e. The Bertz CT molecular complexity index is 958. The molecule has 0 radical (unpaired) electrons.